The summed E-state index contributed by atoms with van der Waals surface area (Å²) in [7, 11) is 1.31. The Morgan fingerprint density at radius 3 is 2.69 bits per heavy atom. The normalized spacial score (nSPS) is 17.9. The summed E-state index contributed by atoms with van der Waals surface area (Å²) in [6, 6.07) is 2.33. The Labute approximate surface area is 155 Å². The fourth-order valence-corrected chi connectivity index (χ4v) is 3.12. The zero-order valence-corrected chi connectivity index (χ0v) is 16.3. The third kappa shape index (κ3) is 4.52. The van der Waals surface area contributed by atoms with Crippen LogP contribution in [0.2, 0.25) is 0 Å². The largest absolute Gasteiger partial charge is 0.465 e. The van der Waals surface area contributed by atoms with Gasteiger partial charge in [0, 0.05) is 25.2 Å². The molecule has 0 spiro atoms. The Morgan fingerprint density at radius 2 is 2.08 bits per heavy atom. The van der Waals surface area contributed by atoms with Crippen molar-refractivity contribution in [3.63, 3.8) is 0 Å². The Balaban J connectivity index is 2.33. The van der Waals surface area contributed by atoms with E-state index in [9.17, 15) is 9.59 Å². The third-order valence-corrected chi connectivity index (χ3v) is 4.71. The zero-order valence-electron chi connectivity index (χ0n) is 16.3. The molecule has 1 aliphatic rings. The summed E-state index contributed by atoms with van der Waals surface area (Å²) >= 11 is 0. The fraction of sp³-hybridized carbons (Fsp3) is 0.632. The van der Waals surface area contributed by atoms with Crippen molar-refractivity contribution < 1.29 is 19.1 Å². The van der Waals surface area contributed by atoms with Crippen molar-refractivity contribution in [1.29, 1.82) is 0 Å². The van der Waals surface area contributed by atoms with Gasteiger partial charge in [-0.3, -0.25) is 0 Å². The van der Waals surface area contributed by atoms with Gasteiger partial charge in [0.1, 0.15) is 11.4 Å². The highest BCUT2D eigenvalue weighted by Crippen LogP contribution is 2.26. The molecule has 7 heteroatoms. The van der Waals surface area contributed by atoms with Gasteiger partial charge in [-0.2, -0.15) is 0 Å². The van der Waals surface area contributed by atoms with E-state index in [0.29, 0.717) is 29.2 Å². The number of anilines is 1. The van der Waals surface area contributed by atoms with E-state index in [1.165, 1.54) is 13.2 Å². The van der Waals surface area contributed by atoms with Gasteiger partial charge in [-0.05, 0) is 39.7 Å². The van der Waals surface area contributed by atoms with Crippen LogP contribution in [-0.2, 0) is 9.47 Å². The van der Waals surface area contributed by atoms with E-state index >= 15 is 0 Å². The number of nitrogens with one attached hydrogen (secondary N) is 1. The summed E-state index contributed by atoms with van der Waals surface area (Å²) in [6.45, 7) is 9.64. The molecule has 26 heavy (non-hydrogen) atoms. The van der Waals surface area contributed by atoms with Gasteiger partial charge in [-0.1, -0.05) is 6.92 Å². The van der Waals surface area contributed by atoms with Crippen molar-refractivity contribution in [3.05, 3.63) is 22.9 Å². The van der Waals surface area contributed by atoms with E-state index in [2.05, 4.69) is 29.0 Å². The summed E-state index contributed by atoms with van der Waals surface area (Å²) in [4.78, 5) is 31.1. The van der Waals surface area contributed by atoms with Crippen LogP contribution in [0.1, 0.15) is 60.0 Å². The average Bonchev–Trinajstić information content (AvgIpc) is 3.09. The first kappa shape index (κ1) is 20.2. The number of esters is 2. The van der Waals surface area contributed by atoms with Gasteiger partial charge >= 0.3 is 11.9 Å². The van der Waals surface area contributed by atoms with Gasteiger partial charge in [-0.25, -0.2) is 14.6 Å². The van der Waals surface area contributed by atoms with Gasteiger partial charge in [0.25, 0.3) is 0 Å². The minimum Gasteiger partial charge on any atom is -0.465 e. The van der Waals surface area contributed by atoms with Crippen molar-refractivity contribution in [3.8, 4) is 0 Å². The maximum absolute atomic E-state index is 12.4. The molecule has 144 valence electrons. The van der Waals surface area contributed by atoms with E-state index in [1.807, 2.05) is 0 Å². The Kier molecular flexibility index (Phi) is 6.97. The number of carbonyl (C=O) groups excluding carboxylic acids is 2. The van der Waals surface area contributed by atoms with Gasteiger partial charge in [0.05, 0.1) is 25.0 Å². The minimum atomic E-state index is -0.509. The summed E-state index contributed by atoms with van der Waals surface area (Å²) in [5.74, 6) is -0.412. The molecule has 0 aliphatic carbocycles. The standard InChI is InChI=1S/C19H29N3O4/c1-6-12(3)20-14-8-9-22(11-14)17-16(19(24)26-7-2)10-15(13(4)21-17)18(23)25-5/h10,12,14,20H,6-9,11H2,1-5H3. The highest BCUT2D eigenvalue weighted by atomic mass is 16.5. The molecule has 0 bridgehead atoms. The molecule has 1 fully saturated rings. The molecule has 1 N–H and O–H groups in total. The number of rotatable bonds is 7. The third-order valence-electron chi connectivity index (χ3n) is 4.71. The molecule has 0 aromatic carbocycles. The van der Waals surface area contributed by atoms with Crippen molar-refractivity contribution >= 4 is 17.8 Å². The number of nitrogens with zero attached hydrogens (tertiary/aromatic N) is 2. The van der Waals surface area contributed by atoms with Gasteiger partial charge in [-0.15, -0.1) is 0 Å². The summed E-state index contributed by atoms with van der Waals surface area (Å²) in [5, 5.41) is 3.60. The van der Waals surface area contributed by atoms with Crippen molar-refractivity contribution in [1.82, 2.24) is 10.3 Å². The minimum absolute atomic E-state index is 0.262. The number of hydrogen-bond acceptors (Lipinski definition) is 7. The van der Waals surface area contributed by atoms with Gasteiger partial charge in [0.2, 0.25) is 0 Å². The SMILES string of the molecule is CCOC(=O)c1cc(C(=O)OC)c(C)nc1N1CCC(NC(C)CC)C1. The molecule has 2 heterocycles. The number of pyridine rings is 1. The Hall–Kier alpha value is -2.15. The van der Waals surface area contributed by atoms with Crippen LogP contribution < -0.4 is 10.2 Å². The molecule has 1 aromatic rings. The summed E-state index contributed by atoms with van der Waals surface area (Å²) in [5.41, 5.74) is 1.13. The Morgan fingerprint density at radius 1 is 1.35 bits per heavy atom. The Bertz CT molecular complexity index is 662. The molecular formula is C19H29N3O4. The van der Waals surface area contributed by atoms with E-state index in [0.717, 1.165) is 25.9 Å². The van der Waals surface area contributed by atoms with Crippen LogP contribution in [0.5, 0.6) is 0 Å². The second-order valence-corrected chi connectivity index (χ2v) is 6.61. The number of aryl methyl sites for hydroxylation is 1. The smallest absolute Gasteiger partial charge is 0.341 e. The second kappa shape index (κ2) is 8.98. The highest BCUT2D eigenvalue weighted by Gasteiger charge is 2.29. The summed E-state index contributed by atoms with van der Waals surface area (Å²) in [6.07, 6.45) is 2.04. The predicted octanol–water partition coefficient (Wildman–Crippen LogP) is 2.32. The molecule has 1 aromatic heterocycles. The molecule has 1 saturated heterocycles. The maximum atomic E-state index is 12.4. The lowest BCUT2D eigenvalue weighted by atomic mass is 10.1. The fourth-order valence-electron chi connectivity index (χ4n) is 3.12. The quantitative estimate of drug-likeness (QED) is 0.745. The van der Waals surface area contributed by atoms with Crippen LogP contribution in [0.15, 0.2) is 6.07 Å². The molecule has 7 nitrogen and oxygen atoms in total. The zero-order chi connectivity index (χ0) is 19.3. The molecule has 1 aliphatic heterocycles. The molecule has 0 amide bonds. The number of ether oxygens (including phenoxy) is 2. The number of aromatic nitrogens is 1. The van der Waals surface area contributed by atoms with Gasteiger partial charge in [0.15, 0.2) is 0 Å². The lowest BCUT2D eigenvalue weighted by Gasteiger charge is -2.23. The molecule has 0 radical (unpaired) electrons. The first-order chi connectivity index (χ1) is 12.4. The monoisotopic (exact) mass is 363 g/mol. The first-order valence-electron chi connectivity index (χ1n) is 9.19. The van der Waals surface area contributed by atoms with Crippen LogP contribution in [0, 0.1) is 6.92 Å². The first-order valence-corrected chi connectivity index (χ1v) is 9.19. The van der Waals surface area contributed by atoms with Crippen molar-refractivity contribution in [2.24, 2.45) is 0 Å². The van der Waals surface area contributed by atoms with Crippen LogP contribution in [0.3, 0.4) is 0 Å². The van der Waals surface area contributed by atoms with E-state index < -0.39 is 11.9 Å². The van der Waals surface area contributed by atoms with Crippen molar-refractivity contribution in [2.75, 3.05) is 31.7 Å². The molecular weight excluding hydrogens is 334 g/mol. The molecule has 0 saturated carbocycles. The summed E-state index contributed by atoms with van der Waals surface area (Å²) < 4.78 is 9.97. The molecule has 2 unspecified atom stereocenters. The van der Waals surface area contributed by atoms with Crippen molar-refractivity contribution in [2.45, 2.75) is 52.6 Å². The molecule has 2 atom stereocenters. The topological polar surface area (TPSA) is 80.8 Å². The van der Waals surface area contributed by atoms with Crippen LogP contribution in [0.4, 0.5) is 5.82 Å². The maximum Gasteiger partial charge on any atom is 0.341 e. The number of hydrogen-bond donors (Lipinski definition) is 1. The number of methoxy groups -OCH3 is 1. The lowest BCUT2D eigenvalue weighted by molar-refractivity contribution is 0.0526. The van der Waals surface area contributed by atoms with E-state index in [-0.39, 0.29) is 12.2 Å². The molecule has 2 rings (SSSR count). The lowest BCUT2D eigenvalue weighted by Crippen LogP contribution is -2.38. The van der Waals surface area contributed by atoms with E-state index in [4.69, 9.17) is 9.47 Å². The number of carbonyl (C=O) groups is 2. The predicted molar refractivity (Wildman–Crippen MR) is 99.8 cm³/mol. The second-order valence-electron chi connectivity index (χ2n) is 6.61. The van der Waals surface area contributed by atoms with Crippen LogP contribution >= 0.6 is 0 Å². The average molecular weight is 363 g/mol. The van der Waals surface area contributed by atoms with Crippen LogP contribution in [-0.4, -0.2) is 55.8 Å². The van der Waals surface area contributed by atoms with E-state index in [1.54, 1.807) is 13.8 Å². The van der Waals surface area contributed by atoms with Crippen LogP contribution in [0.25, 0.3) is 0 Å². The highest BCUT2D eigenvalue weighted by molar-refractivity contribution is 5.99. The van der Waals surface area contributed by atoms with Gasteiger partial charge < -0.3 is 19.7 Å².